The van der Waals surface area contributed by atoms with Gasteiger partial charge in [-0.05, 0) is 25.0 Å². The van der Waals surface area contributed by atoms with E-state index in [1.54, 1.807) is 6.07 Å². The summed E-state index contributed by atoms with van der Waals surface area (Å²) in [4.78, 5) is 1.98. The van der Waals surface area contributed by atoms with E-state index in [2.05, 4.69) is 0 Å². The summed E-state index contributed by atoms with van der Waals surface area (Å²) in [6.07, 6.45) is 0.658. The Bertz CT molecular complexity index is 390. The number of aliphatic hydroxyl groups excluding tert-OH is 2. The van der Waals surface area contributed by atoms with E-state index in [9.17, 15) is 20.4 Å². The van der Waals surface area contributed by atoms with Gasteiger partial charge in [-0.25, -0.2) is 0 Å². The van der Waals surface area contributed by atoms with Gasteiger partial charge >= 0.3 is 0 Å². The minimum Gasteiger partial charge on any atom is -0.508 e. The third kappa shape index (κ3) is 2.75. The summed E-state index contributed by atoms with van der Waals surface area (Å²) in [7, 11) is 0. The molecule has 1 saturated heterocycles. The molecular formula is C13H19NO4. The predicted molar refractivity (Wildman–Crippen MR) is 66.5 cm³/mol. The largest absolute Gasteiger partial charge is 0.508 e. The zero-order valence-corrected chi connectivity index (χ0v) is 10.2. The molecule has 0 saturated carbocycles. The lowest BCUT2D eigenvalue weighted by Crippen LogP contribution is -2.34. The monoisotopic (exact) mass is 253 g/mol. The Hall–Kier alpha value is -1.30. The van der Waals surface area contributed by atoms with Crippen LogP contribution in [0, 0.1) is 0 Å². The summed E-state index contributed by atoms with van der Waals surface area (Å²) >= 11 is 0. The van der Waals surface area contributed by atoms with Crippen LogP contribution < -0.4 is 0 Å². The summed E-state index contributed by atoms with van der Waals surface area (Å²) in [5, 5.41) is 38.1. The molecule has 5 nitrogen and oxygen atoms in total. The standard InChI is InChI=1S/C13H19NO4/c15-8-9-6-10(16)7-14(9)5-4-11-12(17)2-1-3-13(11)18/h1-3,9-10,15-18H,4-8H2/t9-,10+/m0/s1. The Morgan fingerprint density at radius 1 is 1.22 bits per heavy atom. The molecule has 1 aliphatic rings. The zero-order chi connectivity index (χ0) is 13.1. The number of phenolic OH excluding ortho intramolecular Hbond substituents is 2. The van der Waals surface area contributed by atoms with Crippen molar-refractivity contribution in [3.63, 3.8) is 0 Å². The van der Waals surface area contributed by atoms with E-state index >= 15 is 0 Å². The topological polar surface area (TPSA) is 84.2 Å². The van der Waals surface area contributed by atoms with Crippen LogP contribution in [0.15, 0.2) is 18.2 Å². The van der Waals surface area contributed by atoms with Gasteiger partial charge < -0.3 is 20.4 Å². The number of hydrogen-bond donors (Lipinski definition) is 4. The van der Waals surface area contributed by atoms with Crippen LogP contribution in [0.1, 0.15) is 12.0 Å². The first-order valence-electron chi connectivity index (χ1n) is 6.14. The molecule has 4 N–H and O–H groups in total. The molecule has 5 heteroatoms. The molecule has 100 valence electrons. The van der Waals surface area contributed by atoms with Gasteiger partial charge in [0.15, 0.2) is 0 Å². The molecule has 18 heavy (non-hydrogen) atoms. The minimum atomic E-state index is -0.403. The van der Waals surface area contributed by atoms with E-state index < -0.39 is 6.10 Å². The fourth-order valence-electron chi connectivity index (χ4n) is 2.50. The lowest BCUT2D eigenvalue weighted by atomic mass is 10.1. The molecule has 1 aliphatic heterocycles. The third-order valence-electron chi connectivity index (χ3n) is 3.49. The smallest absolute Gasteiger partial charge is 0.122 e. The molecular weight excluding hydrogens is 234 g/mol. The van der Waals surface area contributed by atoms with Crippen LogP contribution in [-0.2, 0) is 6.42 Å². The number of benzene rings is 1. The predicted octanol–water partition coefficient (Wildman–Crippen LogP) is 0.0678. The molecule has 0 radical (unpaired) electrons. The first-order valence-corrected chi connectivity index (χ1v) is 6.14. The van der Waals surface area contributed by atoms with Crippen molar-refractivity contribution in [3.05, 3.63) is 23.8 Å². The van der Waals surface area contributed by atoms with E-state index in [1.807, 2.05) is 4.90 Å². The molecule has 0 spiro atoms. The van der Waals surface area contributed by atoms with Gasteiger partial charge in [0, 0.05) is 24.7 Å². The second-order valence-electron chi connectivity index (χ2n) is 4.75. The Kier molecular flexibility index (Phi) is 4.06. The first kappa shape index (κ1) is 13.1. The van der Waals surface area contributed by atoms with Crippen LogP contribution >= 0.6 is 0 Å². The lowest BCUT2D eigenvalue weighted by molar-refractivity contribution is 0.156. The third-order valence-corrected chi connectivity index (χ3v) is 3.49. The van der Waals surface area contributed by atoms with Crippen molar-refractivity contribution >= 4 is 0 Å². The average molecular weight is 253 g/mol. The lowest BCUT2D eigenvalue weighted by Gasteiger charge is -2.22. The molecule has 0 amide bonds. The summed E-state index contributed by atoms with van der Waals surface area (Å²) in [5.41, 5.74) is 0.510. The molecule has 1 heterocycles. The van der Waals surface area contributed by atoms with E-state index in [-0.39, 0.29) is 24.1 Å². The highest BCUT2D eigenvalue weighted by atomic mass is 16.3. The van der Waals surface area contributed by atoms with Crippen LogP contribution in [-0.4, -0.2) is 57.2 Å². The zero-order valence-electron chi connectivity index (χ0n) is 10.2. The van der Waals surface area contributed by atoms with Crippen molar-refractivity contribution in [2.75, 3.05) is 19.7 Å². The normalized spacial score (nSPS) is 24.6. The van der Waals surface area contributed by atoms with Gasteiger partial charge in [0.05, 0.1) is 12.7 Å². The molecule has 0 bridgehead atoms. The Morgan fingerprint density at radius 3 is 2.50 bits per heavy atom. The summed E-state index contributed by atoms with van der Waals surface area (Å²) in [6, 6.07) is 4.63. The number of likely N-dealkylation sites (tertiary alicyclic amines) is 1. The van der Waals surface area contributed by atoms with E-state index in [1.165, 1.54) is 12.1 Å². The Morgan fingerprint density at radius 2 is 1.89 bits per heavy atom. The van der Waals surface area contributed by atoms with Gasteiger partial charge in [-0.3, -0.25) is 4.90 Å². The maximum Gasteiger partial charge on any atom is 0.122 e. The van der Waals surface area contributed by atoms with E-state index in [0.717, 1.165) is 0 Å². The first-order chi connectivity index (χ1) is 8.61. The number of aliphatic hydroxyl groups is 2. The number of nitrogens with zero attached hydrogens (tertiary/aromatic N) is 1. The molecule has 0 unspecified atom stereocenters. The van der Waals surface area contributed by atoms with Crippen molar-refractivity contribution in [2.24, 2.45) is 0 Å². The number of phenols is 2. The summed E-state index contributed by atoms with van der Waals surface area (Å²) in [5.74, 6) is 0.158. The summed E-state index contributed by atoms with van der Waals surface area (Å²) < 4.78 is 0. The highest BCUT2D eigenvalue weighted by Gasteiger charge is 2.30. The van der Waals surface area contributed by atoms with Gasteiger partial charge in [0.2, 0.25) is 0 Å². The van der Waals surface area contributed by atoms with Crippen molar-refractivity contribution in [3.8, 4) is 11.5 Å². The molecule has 0 aliphatic carbocycles. The molecule has 1 fully saturated rings. The van der Waals surface area contributed by atoms with E-state index in [4.69, 9.17) is 0 Å². The average Bonchev–Trinajstić information content (AvgIpc) is 2.69. The quantitative estimate of drug-likeness (QED) is 0.610. The van der Waals surface area contributed by atoms with Crippen molar-refractivity contribution in [1.82, 2.24) is 4.90 Å². The van der Waals surface area contributed by atoms with Crippen molar-refractivity contribution in [2.45, 2.75) is 25.0 Å². The number of rotatable bonds is 4. The minimum absolute atomic E-state index is 0.0177. The maximum atomic E-state index is 9.66. The molecule has 0 aromatic heterocycles. The van der Waals surface area contributed by atoms with Gasteiger partial charge in [0.25, 0.3) is 0 Å². The summed E-state index contributed by atoms with van der Waals surface area (Å²) in [6.45, 7) is 1.14. The highest BCUT2D eigenvalue weighted by Crippen LogP contribution is 2.27. The molecule has 2 rings (SSSR count). The second kappa shape index (κ2) is 5.56. The number of aromatic hydroxyl groups is 2. The molecule has 2 atom stereocenters. The van der Waals surface area contributed by atoms with Crippen molar-refractivity contribution < 1.29 is 20.4 Å². The van der Waals surface area contributed by atoms with Gasteiger partial charge in [0.1, 0.15) is 11.5 Å². The van der Waals surface area contributed by atoms with Crippen LogP contribution in [0.4, 0.5) is 0 Å². The van der Waals surface area contributed by atoms with Crippen LogP contribution in [0.5, 0.6) is 11.5 Å². The van der Waals surface area contributed by atoms with Crippen LogP contribution in [0.25, 0.3) is 0 Å². The highest BCUT2D eigenvalue weighted by molar-refractivity contribution is 5.43. The fourth-order valence-corrected chi connectivity index (χ4v) is 2.50. The van der Waals surface area contributed by atoms with Crippen LogP contribution in [0.2, 0.25) is 0 Å². The van der Waals surface area contributed by atoms with Crippen LogP contribution in [0.3, 0.4) is 0 Å². The maximum absolute atomic E-state index is 9.66. The van der Waals surface area contributed by atoms with E-state index in [0.29, 0.717) is 31.5 Å². The number of hydrogen-bond acceptors (Lipinski definition) is 5. The SMILES string of the molecule is OC[C@@H]1C[C@@H](O)CN1CCc1c(O)cccc1O. The van der Waals surface area contributed by atoms with Gasteiger partial charge in [-0.2, -0.15) is 0 Å². The van der Waals surface area contributed by atoms with Gasteiger partial charge in [-0.15, -0.1) is 0 Å². The second-order valence-corrected chi connectivity index (χ2v) is 4.75. The molecule has 1 aromatic carbocycles. The van der Waals surface area contributed by atoms with Crippen molar-refractivity contribution in [1.29, 1.82) is 0 Å². The Labute approximate surface area is 106 Å². The van der Waals surface area contributed by atoms with Gasteiger partial charge in [-0.1, -0.05) is 6.07 Å². The Balaban J connectivity index is 1.99. The fraction of sp³-hybridized carbons (Fsp3) is 0.538. The number of β-amino-alcohol motifs (C(OH)–C–C–N with tert-alkyl or cyclic N) is 1. The molecule has 1 aromatic rings.